The predicted molar refractivity (Wildman–Crippen MR) is 100.0 cm³/mol. The number of pyridine rings is 1. The second kappa shape index (κ2) is 8.09. The summed E-state index contributed by atoms with van der Waals surface area (Å²) in [7, 11) is 2.12. The van der Waals surface area contributed by atoms with Crippen LogP contribution >= 0.6 is 0 Å². The monoisotopic (exact) mass is 356 g/mol. The molecule has 0 spiro atoms. The quantitative estimate of drug-likeness (QED) is 0.813. The first-order chi connectivity index (χ1) is 12.5. The molecule has 3 rings (SSSR count). The Morgan fingerprint density at radius 1 is 1.19 bits per heavy atom. The van der Waals surface area contributed by atoms with Gasteiger partial charge in [0.1, 0.15) is 23.3 Å². The first-order valence-corrected chi connectivity index (χ1v) is 8.74. The Kier molecular flexibility index (Phi) is 5.62. The van der Waals surface area contributed by atoms with Crippen LogP contribution in [-0.4, -0.2) is 65.7 Å². The van der Waals surface area contributed by atoms with Crippen LogP contribution in [0.5, 0.6) is 0 Å². The van der Waals surface area contributed by atoms with E-state index in [0.717, 1.165) is 32.0 Å². The Morgan fingerprint density at radius 3 is 2.69 bits per heavy atom. The van der Waals surface area contributed by atoms with Gasteiger partial charge in [0.25, 0.3) is 0 Å². The molecule has 8 heteroatoms. The molecule has 2 aromatic rings. The van der Waals surface area contributed by atoms with Crippen molar-refractivity contribution in [3.63, 3.8) is 0 Å². The zero-order valence-electron chi connectivity index (χ0n) is 15.4. The molecule has 0 saturated carbocycles. The van der Waals surface area contributed by atoms with Crippen molar-refractivity contribution in [3.8, 4) is 0 Å². The largest absolute Gasteiger partial charge is 0.462 e. The lowest BCUT2D eigenvalue weighted by Gasteiger charge is -2.33. The number of hydrogen-bond acceptors (Lipinski definition) is 8. The van der Waals surface area contributed by atoms with E-state index < -0.39 is 0 Å². The van der Waals surface area contributed by atoms with Gasteiger partial charge < -0.3 is 19.9 Å². The van der Waals surface area contributed by atoms with Crippen molar-refractivity contribution in [1.82, 2.24) is 19.9 Å². The van der Waals surface area contributed by atoms with Crippen LogP contribution in [0.1, 0.15) is 23.1 Å². The number of likely N-dealkylation sites (N-methyl/N-ethyl adjacent to an activating group) is 1. The third-order valence-electron chi connectivity index (χ3n) is 4.18. The third-order valence-corrected chi connectivity index (χ3v) is 4.18. The lowest BCUT2D eigenvalue weighted by molar-refractivity contribution is 0.0526. The van der Waals surface area contributed by atoms with E-state index in [0.29, 0.717) is 29.6 Å². The molecule has 0 unspecified atom stereocenters. The first kappa shape index (κ1) is 18.1. The summed E-state index contributed by atoms with van der Waals surface area (Å²) >= 11 is 0. The molecule has 0 amide bonds. The first-order valence-electron chi connectivity index (χ1n) is 8.74. The lowest BCUT2D eigenvalue weighted by Crippen LogP contribution is -2.44. The summed E-state index contributed by atoms with van der Waals surface area (Å²) in [5.41, 5.74) is 0.453. The van der Waals surface area contributed by atoms with Crippen LogP contribution in [-0.2, 0) is 4.74 Å². The van der Waals surface area contributed by atoms with E-state index in [-0.39, 0.29) is 5.97 Å². The molecule has 0 bridgehead atoms. The molecule has 138 valence electrons. The highest BCUT2D eigenvalue weighted by Crippen LogP contribution is 2.20. The molecular weight excluding hydrogens is 332 g/mol. The van der Waals surface area contributed by atoms with Crippen molar-refractivity contribution in [2.75, 3.05) is 50.1 Å². The summed E-state index contributed by atoms with van der Waals surface area (Å²) < 4.78 is 5.03. The molecule has 8 nitrogen and oxygen atoms in total. The molecule has 3 heterocycles. The number of anilines is 3. The number of nitrogens with one attached hydrogen (secondary N) is 1. The fourth-order valence-electron chi connectivity index (χ4n) is 2.79. The summed E-state index contributed by atoms with van der Waals surface area (Å²) in [5.74, 6) is 2.41. The summed E-state index contributed by atoms with van der Waals surface area (Å²) in [5, 5.41) is 3.16. The number of rotatable bonds is 5. The average molecular weight is 356 g/mol. The molecule has 1 aliphatic heterocycles. The van der Waals surface area contributed by atoms with Crippen molar-refractivity contribution in [2.24, 2.45) is 0 Å². The van der Waals surface area contributed by atoms with E-state index in [2.05, 4.69) is 37.1 Å². The zero-order valence-corrected chi connectivity index (χ0v) is 15.4. The summed E-state index contributed by atoms with van der Waals surface area (Å²) in [6.07, 6.45) is 1.57. The summed E-state index contributed by atoms with van der Waals surface area (Å²) in [6, 6.07) is 5.20. The molecular formula is C18H24N6O2. The van der Waals surface area contributed by atoms with Crippen LogP contribution in [0, 0.1) is 6.92 Å². The fourth-order valence-corrected chi connectivity index (χ4v) is 2.79. The number of nitrogens with zero attached hydrogens (tertiary/aromatic N) is 5. The maximum atomic E-state index is 11.9. The molecule has 1 fully saturated rings. The number of esters is 1. The van der Waals surface area contributed by atoms with E-state index in [4.69, 9.17) is 4.74 Å². The molecule has 1 N–H and O–H groups in total. The normalized spacial score (nSPS) is 15.0. The SMILES string of the molecule is CCOC(=O)c1ccnc(Nc2cc(N3CCN(C)CC3)nc(C)n2)c1. The Morgan fingerprint density at radius 2 is 1.96 bits per heavy atom. The fraction of sp³-hybridized carbons (Fsp3) is 0.444. The van der Waals surface area contributed by atoms with E-state index in [1.54, 1.807) is 25.3 Å². The maximum absolute atomic E-state index is 11.9. The highest BCUT2D eigenvalue weighted by molar-refractivity contribution is 5.90. The van der Waals surface area contributed by atoms with Gasteiger partial charge in [0, 0.05) is 38.4 Å². The van der Waals surface area contributed by atoms with E-state index in [1.165, 1.54) is 0 Å². The second-order valence-corrected chi connectivity index (χ2v) is 6.22. The second-order valence-electron chi connectivity index (χ2n) is 6.22. The predicted octanol–water partition coefficient (Wildman–Crippen LogP) is 1.85. The van der Waals surface area contributed by atoms with Crippen LogP contribution in [0.4, 0.5) is 17.5 Å². The number of piperazine rings is 1. The van der Waals surface area contributed by atoms with Gasteiger partial charge in [-0.05, 0) is 33.0 Å². The van der Waals surface area contributed by atoms with Crippen molar-refractivity contribution in [1.29, 1.82) is 0 Å². The lowest BCUT2D eigenvalue weighted by atomic mass is 10.2. The van der Waals surface area contributed by atoms with Crippen LogP contribution in [0.15, 0.2) is 24.4 Å². The van der Waals surface area contributed by atoms with Gasteiger partial charge in [-0.25, -0.2) is 19.7 Å². The smallest absolute Gasteiger partial charge is 0.338 e. The van der Waals surface area contributed by atoms with E-state index >= 15 is 0 Å². The number of carbonyl (C=O) groups is 1. The molecule has 0 atom stereocenters. The molecule has 0 aliphatic carbocycles. The van der Waals surface area contributed by atoms with Crippen LogP contribution in [0.2, 0.25) is 0 Å². The zero-order chi connectivity index (χ0) is 18.5. The van der Waals surface area contributed by atoms with Crippen LogP contribution in [0.25, 0.3) is 0 Å². The van der Waals surface area contributed by atoms with Gasteiger partial charge in [-0.3, -0.25) is 0 Å². The number of aryl methyl sites for hydroxylation is 1. The minimum absolute atomic E-state index is 0.337. The molecule has 2 aromatic heterocycles. The summed E-state index contributed by atoms with van der Waals surface area (Å²) in [4.78, 5) is 29.7. The molecule has 0 radical (unpaired) electrons. The topological polar surface area (TPSA) is 83.5 Å². The standard InChI is InChI=1S/C18H24N6O2/c1-4-26-18(25)14-5-6-19-15(11-14)22-16-12-17(21-13(2)20-16)24-9-7-23(3)8-10-24/h5-6,11-12H,4,7-10H2,1-3H3,(H,19,20,21,22). The van der Waals surface area contributed by atoms with Crippen molar-refractivity contribution in [3.05, 3.63) is 35.8 Å². The molecule has 0 aromatic carbocycles. The van der Waals surface area contributed by atoms with Gasteiger partial charge in [-0.1, -0.05) is 0 Å². The van der Waals surface area contributed by atoms with E-state index in [9.17, 15) is 4.79 Å². The van der Waals surface area contributed by atoms with Crippen molar-refractivity contribution >= 4 is 23.4 Å². The number of aromatic nitrogens is 3. The molecule has 1 aliphatic rings. The van der Waals surface area contributed by atoms with Crippen LogP contribution < -0.4 is 10.2 Å². The highest BCUT2D eigenvalue weighted by atomic mass is 16.5. The maximum Gasteiger partial charge on any atom is 0.338 e. The van der Waals surface area contributed by atoms with Gasteiger partial charge >= 0.3 is 5.97 Å². The van der Waals surface area contributed by atoms with Gasteiger partial charge in [0.15, 0.2) is 0 Å². The van der Waals surface area contributed by atoms with E-state index in [1.807, 2.05) is 13.0 Å². The number of ether oxygens (including phenoxy) is 1. The molecule has 1 saturated heterocycles. The minimum atomic E-state index is -0.366. The van der Waals surface area contributed by atoms with Crippen molar-refractivity contribution < 1.29 is 9.53 Å². The average Bonchev–Trinajstić information content (AvgIpc) is 2.62. The summed E-state index contributed by atoms with van der Waals surface area (Å²) in [6.45, 7) is 7.87. The Hall–Kier alpha value is -2.74. The van der Waals surface area contributed by atoms with Gasteiger partial charge in [-0.2, -0.15) is 0 Å². The Balaban J connectivity index is 1.78. The van der Waals surface area contributed by atoms with Gasteiger partial charge in [0.05, 0.1) is 12.2 Å². The number of carbonyl (C=O) groups excluding carboxylic acids is 1. The Bertz CT molecular complexity index is 774. The van der Waals surface area contributed by atoms with Gasteiger partial charge in [-0.15, -0.1) is 0 Å². The third kappa shape index (κ3) is 4.45. The molecule has 26 heavy (non-hydrogen) atoms. The van der Waals surface area contributed by atoms with Crippen LogP contribution in [0.3, 0.4) is 0 Å². The Labute approximate surface area is 153 Å². The number of hydrogen-bond donors (Lipinski definition) is 1. The van der Waals surface area contributed by atoms with Gasteiger partial charge in [0.2, 0.25) is 0 Å². The minimum Gasteiger partial charge on any atom is -0.462 e. The highest BCUT2D eigenvalue weighted by Gasteiger charge is 2.17. The van der Waals surface area contributed by atoms with Crippen molar-refractivity contribution in [2.45, 2.75) is 13.8 Å².